The second kappa shape index (κ2) is 4.76. The maximum Gasteiger partial charge on any atom is 0.227 e. The van der Waals surface area contributed by atoms with Crippen molar-refractivity contribution in [1.29, 1.82) is 0 Å². The summed E-state index contributed by atoms with van der Waals surface area (Å²) in [5.41, 5.74) is 0. The van der Waals surface area contributed by atoms with Gasteiger partial charge in [0.25, 0.3) is 0 Å². The zero-order valence-corrected chi connectivity index (χ0v) is 10.2. The van der Waals surface area contributed by atoms with Gasteiger partial charge < -0.3 is 9.47 Å². The molecule has 0 fully saturated rings. The fourth-order valence-corrected chi connectivity index (χ4v) is 2.18. The highest BCUT2D eigenvalue weighted by Gasteiger charge is 2.13. The van der Waals surface area contributed by atoms with Crippen molar-refractivity contribution < 1.29 is 8.42 Å². The van der Waals surface area contributed by atoms with E-state index in [4.69, 9.17) is 0 Å². The van der Waals surface area contributed by atoms with Crippen molar-refractivity contribution in [2.45, 2.75) is 18.1 Å². The van der Waals surface area contributed by atoms with E-state index in [0.29, 0.717) is 6.54 Å². The van der Waals surface area contributed by atoms with Crippen molar-refractivity contribution in [3.8, 4) is 0 Å². The lowest BCUT2D eigenvalue weighted by Gasteiger charge is -2.10. The summed E-state index contributed by atoms with van der Waals surface area (Å²) in [5, 5.41) is 0.154. The summed E-state index contributed by atoms with van der Waals surface area (Å²) < 4.78 is 24.3. The second-order valence-corrected chi connectivity index (χ2v) is 5.74. The molecule has 0 atom stereocenters. The molecular weight excluding hydrogens is 214 g/mol. The molecule has 0 aliphatic rings. The third-order valence-electron chi connectivity index (χ3n) is 2.01. The minimum Gasteiger partial charge on any atom is -0.322 e. The minimum absolute atomic E-state index is 0.154. The van der Waals surface area contributed by atoms with Gasteiger partial charge in [-0.05, 0) is 27.1 Å². The molecule has 6 heteroatoms. The molecule has 1 aromatic rings. The third-order valence-corrected chi connectivity index (χ3v) is 3.02. The Morgan fingerprint density at radius 2 is 2.13 bits per heavy atom. The highest BCUT2D eigenvalue weighted by molar-refractivity contribution is 7.90. The Balaban J connectivity index is 2.67. The SMILES string of the molecule is CN(C)CCCn1ccnc1S(C)(=O)=O. The smallest absolute Gasteiger partial charge is 0.227 e. The van der Waals surface area contributed by atoms with Crippen molar-refractivity contribution in [2.75, 3.05) is 26.9 Å². The van der Waals surface area contributed by atoms with Crippen molar-refractivity contribution >= 4 is 9.84 Å². The molecule has 1 rings (SSSR count). The van der Waals surface area contributed by atoms with Crippen LogP contribution < -0.4 is 0 Å². The van der Waals surface area contributed by atoms with Crippen LogP contribution >= 0.6 is 0 Å². The van der Waals surface area contributed by atoms with Gasteiger partial charge in [0.1, 0.15) is 0 Å². The Hall–Kier alpha value is -0.880. The zero-order chi connectivity index (χ0) is 11.5. The number of rotatable bonds is 5. The molecule has 1 aromatic heterocycles. The summed E-state index contributed by atoms with van der Waals surface area (Å²) in [4.78, 5) is 5.91. The molecule has 0 aromatic carbocycles. The number of hydrogen-bond acceptors (Lipinski definition) is 4. The molecule has 5 nitrogen and oxygen atoms in total. The summed E-state index contributed by atoms with van der Waals surface area (Å²) >= 11 is 0. The first-order chi connectivity index (χ1) is 6.91. The van der Waals surface area contributed by atoms with Crippen LogP contribution in [0.25, 0.3) is 0 Å². The van der Waals surface area contributed by atoms with E-state index in [1.165, 1.54) is 12.5 Å². The predicted octanol–water partition coefficient (Wildman–Crippen LogP) is 0.238. The molecule has 0 bridgehead atoms. The molecule has 0 saturated carbocycles. The van der Waals surface area contributed by atoms with Gasteiger partial charge >= 0.3 is 0 Å². The summed E-state index contributed by atoms with van der Waals surface area (Å²) in [5.74, 6) is 0. The lowest BCUT2D eigenvalue weighted by atomic mass is 10.4. The van der Waals surface area contributed by atoms with Gasteiger partial charge in [0, 0.05) is 25.2 Å². The maximum atomic E-state index is 11.3. The topological polar surface area (TPSA) is 55.2 Å². The van der Waals surface area contributed by atoms with E-state index >= 15 is 0 Å². The first kappa shape index (κ1) is 12.2. The first-order valence-electron chi connectivity index (χ1n) is 4.77. The Kier molecular flexibility index (Phi) is 3.87. The van der Waals surface area contributed by atoms with Crippen LogP contribution in [0.1, 0.15) is 6.42 Å². The van der Waals surface area contributed by atoms with E-state index in [-0.39, 0.29) is 5.16 Å². The summed E-state index contributed by atoms with van der Waals surface area (Å²) in [7, 11) is 0.780. The van der Waals surface area contributed by atoms with Gasteiger partial charge in [-0.2, -0.15) is 0 Å². The molecule has 0 unspecified atom stereocenters. The highest BCUT2D eigenvalue weighted by atomic mass is 32.2. The van der Waals surface area contributed by atoms with Crippen molar-refractivity contribution in [3.05, 3.63) is 12.4 Å². The predicted molar refractivity (Wildman–Crippen MR) is 58.5 cm³/mol. The van der Waals surface area contributed by atoms with Crippen LogP contribution in [0.15, 0.2) is 17.6 Å². The molecular formula is C9H17N3O2S. The van der Waals surface area contributed by atoms with E-state index < -0.39 is 9.84 Å². The van der Waals surface area contributed by atoms with E-state index in [2.05, 4.69) is 9.88 Å². The van der Waals surface area contributed by atoms with Crippen molar-refractivity contribution in [2.24, 2.45) is 0 Å². The van der Waals surface area contributed by atoms with Gasteiger partial charge in [-0.1, -0.05) is 0 Å². The normalized spacial score (nSPS) is 12.3. The van der Waals surface area contributed by atoms with Crippen LogP contribution in [0.3, 0.4) is 0 Å². The van der Waals surface area contributed by atoms with Crippen LogP contribution in [0, 0.1) is 0 Å². The Morgan fingerprint density at radius 3 is 2.67 bits per heavy atom. The van der Waals surface area contributed by atoms with E-state index in [9.17, 15) is 8.42 Å². The summed E-state index contributed by atoms with van der Waals surface area (Å²) in [6.45, 7) is 1.61. The molecule has 1 heterocycles. The average Bonchev–Trinajstić information content (AvgIpc) is 2.50. The van der Waals surface area contributed by atoms with Crippen LogP contribution in [0.5, 0.6) is 0 Å². The van der Waals surface area contributed by atoms with Gasteiger partial charge in [-0.25, -0.2) is 13.4 Å². The molecule has 0 saturated heterocycles. The van der Waals surface area contributed by atoms with E-state index in [1.807, 2.05) is 14.1 Å². The molecule has 0 radical (unpaired) electrons. The van der Waals surface area contributed by atoms with Crippen molar-refractivity contribution in [1.82, 2.24) is 14.5 Å². The minimum atomic E-state index is -3.20. The second-order valence-electron chi connectivity index (χ2n) is 3.83. The molecule has 15 heavy (non-hydrogen) atoms. The summed E-state index contributed by atoms with van der Waals surface area (Å²) in [6.07, 6.45) is 5.31. The number of sulfone groups is 1. The monoisotopic (exact) mass is 231 g/mol. The molecule has 0 amide bonds. The van der Waals surface area contributed by atoms with Gasteiger partial charge in [0.15, 0.2) is 0 Å². The number of hydrogen-bond donors (Lipinski definition) is 0. The lowest BCUT2D eigenvalue weighted by Crippen LogP contribution is -2.16. The average molecular weight is 231 g/mol. The largest absolute Gasteiger partial charge is 0.322 e. The van der Waals surface area contributed by atoms with Gasteiger partial charge in [0.05, 0.1) is 0 Å². The van der Waals surface area contributed by atoms with Gasteiger partial charge in [-0.15, -0.1) is 0 Å². The van der Waals surface area contributed by atoms with E-state index in [1.54, 1.807) is 10.8 Å². The van der Waals surface area contributed by atoms with Crippen LogP contribution in [-0.2, 0) is 16.4 Å². The number of nitrogens with zero attached hydrogens (tertiary/aromatic N) is 3. The zero-order valence-electron chi connectivity index (χ0n) is 9.34. The van der Waals surface area contributed by atoms with Crippen LogP contribution in [0.4, 0.5) is 0 Å². The molecule has 0 N–H and O–H groups in total. The molecule has 86 valence electrons. The molecule has 0 aliphatic heterocycles. The van der Waals surface area contributed by atoms with Gasteiger partial charge in [0.2, 0.25) is 15.0 Å². The number of aryl methyl sites for hydroxylation is 1. The third kappa shape index (κ3) is 3.64. The molecule has 0 aliphatic carbocycles. The standard InChI is InChI=1S/C9H17N3O2S/c1-11(2)6-4-7-12-8-5-10-9(12)15(3,13)14/h5,8H,4,6-7H2,1-3H3. The number of imidazole rings is 1. The number of aromatic nitrogens is 2. The quantitative estimate of drug-likeness (QED) is 0.728. The summed E-state index contributed by atoms with van der Waals surface area (Å²) in [6, 6.07) is 0. The molecule has 0 spiro atoms. The lowest BCUT2D eigenvalue weighted by molar-refractivity contribution is 0.381. The Morgan fingerprint density at radius 1 is 1.47 bits per heavy atom. The van der Waals surface area contributed by atoms with Crippen LogP contribution in [0.2, 0.25) is 0 Å². The first-order valence-corrected chi connectivity index (χ1v) is 6.66. The van der Waals surface area contributed by atoms with Gasteiger partial charge in [-0.3, -0.25) is 0 Å². The Labute approximate surface area is 90.6 Å². The maximum absolute atomic E-state index is 11.3. The fraction of sp³-hybridized carbons (Fsp3) is 0.667. The van der Waals surface area contributed by atoms with Crippen LogP contribution in [-0.4, -0.2) is 49.8 Å². The Bertz CT molecular complexity index is 409. The van der Waals surface area contributed by atoms with Crippen molar-refractivity contribution in [3.63, 3.8) is 0 Å². The van der Waals surface area contributed by atoms with E-state index in [0.717, 1.165) is 13.0 Å². The highest BCUT2D eigenvalue weighted by Crippen LogP contribution is 2.06. The fourth-order valence-electron chi connectivity index (χ4n) is 1.35.